The minimum atomic E-state index is -0.915. The number of carbonyl (C=O) groups is 1. The Morgan fingerprint density at radius 1 is 1.00 bits per heavy atom. The topological polar surface area (TPSA) is 40.5 Å². The van der Waals surface area contributed by atoms with Gasteiger partial charge in [-0.15, -0.1) is 0 Å². The van der Waals surface area contributed by atoms with Crippen LogP contribution in [0.25, 0.3) is 11.1 Å². The van der Waals surface area contributed by atoms with Crippen molar-refractivity contribution in [2.24, 2.45) is 0 Å². The standard InChI is InChI=1S/C15H15NO2/c1-16(15(17)18)11-12-7-9-14(10-8-12)13-5-3-2-4-6-13/h2-10H,11H2,1H3,(H,17,18). The van der Waals surface area contributed by atoms with Crippen LogP contribution in [0.3, 0.4) is 0 Å². The average molecular weight is 241 g/mol. The molecule has 0 bridgehead atoms. The van der Waals surface area contributed by atoms with Crippen molar-refractivity contribution in [3.05, 3.63) is 60.2 Å². The predicted molar refractivity (Wildman–Crippen MR) is 71.4 cm³/mol. The van der Waals surface area contributed by atoms with Gasteiger partial charge in [0.05, 0.1) is 0 Å². The molecule has 18 heavy (non-hydrogen) atoms. The van der Waals surface area contributed by atoms with Crippen molar-refractivity contribution in [2.75, 3.05) is 7.05 Å². The van der Waals surface area contributed by atoms with Crippen LogP contribution in [0.2, 0.25) is 0 Å². The van der Waals surface area contributed by atoms with Crippen molar-refractivity contribution in [2.45, 2.75) is 6.54 Å². The third-order valence-corrected chi connectivity index (χ3v) is 2.81. The van der Waals surface area contributed by atoms with Crippen LogP contribution in [-0.2, 0) is 6.54 Å². The molecular weight excluding hydrogens is 226 g/mol. The molecule has 0 aliphatic carbocycles. The summed E-state index contributed by atoms with van der Waals surface area (Å²) >= 11 is 0. The Labute approximate surface area is 106 Å². The summed E-state index contributed by atoms with van der Waals surface area (Å²) in [6, 6.07) is 18.0. The van der Waals surface area contributed by atoms with Crippen molar-refractivity contribution >= 4 is 6.09 Å². The van der Waals surface area contributed by atoms with E-state index >= 15 is 0 Å². The van der Waals surface area contributed by atoms with Crippen LogP contribution in [-0.4, -0.2) is 23.1 Å². The summed E-state index contributed by atoms with van der Waals surface area (Å²) in [6.45, 7) is 0.407. The molecule has 92 valence electrons. The van der Waals surface area contributed by atoms with Crippen LogP contribution >= 0.6 is 0 Å². The second kappa shape index (κ2) is 5.36. The van der Waals surface area contributed by atoms with E-state index in [1.54, 1.807) is 7.05 Å². The van der Waals surface area contributed by atoms with E-state index < -0.39 is 6.09 Å². The van der Waals surface area contributed by atoms with E-state index in [1.807, 2.05) is 42.5 Å². The van der Waals surface area contributed by atoms with Crippen LogP contribution in [0.15, 0.2) is 54.6 Å². The normalized spacial score (nSPS) is 10.1. The zero-order valence-corrected chi connectivity index (χ0v) is 10.2. The molecule has 0 unspecified atom stereocenters. The van der Waals surface area contributed by atoms with E-state index in [9.17, 15) is 4.79 Å². The van der Waals surface area contributed by atoms with E-state index in [4.69, 9.17) is 5.11 Å². The van der Waals surface area contributed by atoms with Gasteiger partial charge in [-0.1, -0.05) is 54.6 Å². The van der Waals surface area contributed by atoms with Gasteiger partial charge in [-0.05, 0) is 16.7 Å². The van der Waals surface area contributed by atoms with Gasteiger partial charge in [-0.3, -0.25) is 0 Å². The maximum Gasteiger partial charge on any atom is 0.407 e. The summed E-state index contributed by atoms with van der Waals surface area (Å²) in [5, 5.41) is 8.80. The number of rotatable bonds is 3. The molecule has 0 saturated heterocycles. The minimum Gasteiger partial charge on any atom is -0.465 e. The van der Waals surface area contributed by atoms with Gasteiger partial charge in [-0.2, -0.15) is 0 Å². The van der Waals surface area contributed by atoms with E-state index in [2.05, 4.69) is 12.1 Å². The van der Waals surface area contributed by atoms with Gasteiger partial charge in [0.15, 0.2) is 0 Å². The maximum atomic E-state index is 10.7. The number of hydrogen-bond donors (Lipinski definition) is 1. The van der Waals surface area contributed by atoms with Crippen LogP contribution in [0.1, 0.15) is 5.56 Å². The van der Waals surface area contributed by atoms with Gasteiger partial charge < -0.3 is 10.0 Å². The summed E-state index contributed by atoms with van der Waals surface area (Å²) in [5.74, 6) is 0. The van der Waals surface area contributed by atoms with Crippen molar-refractivity contribution < 1.29 is 9.90 Å². The quantitative estimate of drug-likeness (QED) is 0.893. The molecule has 2 aromatic rings. The summed E-state index contributed by atoms with van der Waals surface area (Å²) in [4.78, 5) is 12.0. The molecule has 0 fully saturated rings. The van der Waals surface area contributed by atoms with Gasteiger partial charge in [0.1, 0.15) is 0 Å². The number of hydrogen-bond acceptors (Lipinski definition) is 1. The first kappa shape index (κ1) is 12.2. The Bertz CT molecular complexity index is 520. The van der Waals surface area contributed by atoms with Crippen LogP contribution < -0.4 is 0 Å². The molecule has 0 radical (unpaired) electrons. The van der Waals surface area contributed by atoms with E-state index in [-0.39, 0.29) is 0 Å². The van der Waals surface area contributed by atoms with Crippen molar-refractivity contribution in [1.82, 2.24) is 4.90 Å². The summed E-state index contributed by atoms with van der Waals surface area (Å²) in [5.41, 5.74) is 3.28. The first-order valence-corrected chi connectivity index (χ1v) is 5.75. The molecule has 0 aliphatic heterocycles. The van der Waals surface area contributed by atoms with Crippen LogP contribution in [0.4, 0.5) is 4.79 Å². The van der Waals surface area contributed by atoms with Crippen molar-refractivity contribution in [3.8, 4) is 11.1 Å². The maximum absolute atomic E-state index is 10.7. The first-order valence-electron chi connectivity index (χ1n) is 5.75. The fraction of sp³-hybridized carbons (Fsp3) is 0.133. The molecular formula is C15H15NO2. The highest BCUT2D eigenvalue weighted by Gasteiger charge is 2.05. The second-order valence-electron chi connectivity index (χ2n) is 4.20. The lowest BCUT2D eigenvalue weighted by Gasteiger charge is -2.13. The number of amides is 1. The number of benzene rings is 2. The van der Waals surface area contributed by atoms with Gasteiger partial charge in [0.2, 0.25) is 0 Å². The number of carboxylic acid groups (broad SMARTS) is 1. The Balaban J connectivity index is 2.13. The monoisotopic (exact) mass is 241 g/mol. The Hall–Kier alpha value is -2.29. The minimum absolute atomic E-state index is 0.407. The van der Waals surface area contributed by atoms with Crippen LogP contribution in [0.5, 0.6) is 0 Å². The van der Waals surface area contributed by atoms with Crippen molar-refractivity contribution in [1.29, 1.82) is 0 Å². The average Bonchev–Trinajstić information content (AvgIpc) is 2.40. The molecule has 0 saturated carbocycles. The largest absolute Gasteiger partial charge is 0.465 e. The molecule has 1 amide bonds. The Kier molecular flexibility index (Phi) is 3.63. The molecule has 0 aliphatic rings. The van der Waals surface area contributed by atoms with Gasteiger partial charge in [-0.25, -0.2) is 4.79 Å². The highest BCUT2D eigenvalue weighted by atomic mass is 16.4. The molecule has 3 heteroatoms. The Morgan fingerprint density at radius 3 is 2.11 bits per heavy atom. The van der Waals surface area contributed by atoms with Crippen LogP contribution in [0, 0.1) is 0 Å². The lowest BCUT2D eigenvalue weighted by Crippen LogP contribution is -2.23. The third-order valence-electron chi connectivity index (χ3n) is 2.81. The lowest BCUT2D eigenvalue weighted by atomic mass is 10.0. The van der Waals surface area contributed by atoms with E-state index in [1.165, 1.54) is 4.90 Å². The molecule has 0 heterocycles. The van der Waals surface area contributed by atoms with Gasteiger partial charge in [0, 0.05) is 13.6 Å². The summed E-state index contributed by atoms with van der Waals surface area (Å²) in [6.07, 6.45) is -0.915. The number of nitrogens with zero attached hydrogens (tertiary/aromatic N) is 1. The zero-order valence-electron chi connectivity index (χ0n) is 10.2. The SMILES string of the molecule is CN(Cc1ccc(-c2ccccc2)cc1)C(=O)O. The molecule has 2 rings (SSSR count). The molecule has 0 aromatic heterocycles. The molecule has 1 N–H and O–H groups in total. The smallest absolute Gasteiger partial charge is 0.407 e. The van der Waals surface area contributed by atoms with E-state index in [0.29, 0.717) is 6.54 Å². The predicted octanol–water partition coefficient (Wildman–Crippen LogP) is 3.46. The molecule has 0 spiro atoms. The van der Waals surface area contributed by atoms with Crippen molar-refractivity contribution in [3.63, 3.8) is 0 Å². The summed E-state index contributed by atoms with van der Waals surface area (Å²) < 4.78 is 0. The van der Waals surface area contributed by atoms with E-state index in [0.717, 1.165) is 16.7 Å². The molecule has 3 nitrogen and oxygen atoms in total. The molecule has 0 atom stereocenters. The highest BCUT2D eigenvalue weighted by Crippen LogP contribution is 2.19. The lowest BCUT2D eigenvalue weighted by molar-refractivity contribution is 0.154. The Morgan fingerprint density at radius 2 is 1.56 bits per heavy atom. The summed E-state index contributed by atoms with van der Waals surface area (Å²) in [7, 11) is 1.56. The second-order valence-corrected chi connectivity index (χ2v) is 4.20. The fourth-order valence-electron chi connectivity index (χ4n) is 1.77. The van der Waals surface area contributed by atoms with Gasteiger partial charge in [0.25, 0.3) is 0 Å². The third kappa shape index (κ3) is 2.88. The van der Waals surface area contributed by atoms with Gasteiger partial charge >= 0.3 is 6.09 Å². The zero-order chi connectivity index (χ0) is 13.0. The highest BCUT2D eigenvalue weighted by molar-refractivity contribution is 5.65. The first-order chi connectivity index (χ1) is 8.66. The molecule has 2 aromatic carbocycles. The fourth-order valence-corrected chi connectivity index (χ4v) is 1.77.